The lowest BCUT2D eigenvalue weighted by molar-refractivity contribution is -0.566. The number of nitrogens with two attached hydrogens (primary N) is 2. The molecule has 1 aromatic carbocycles. The van der Waals surface area contributed by atoms with Gasteiger partial charge in [-0.2, -0.15) is 0 Å². The van der Waals surface area contributed by atoms with Gasteiger partial charge in [-0.25, -0.2) is 14.8 Å². The van der Waals surface area contributed by atoms with Gasteiger partial charge < -0.3 is 52.3 Å². The van der Waals surface area contributed by atoms with Crippen molar-refractivity contribution in [3.05, 3.63) is 70.1 Å². The molecule has 314 valence electrons. The summed E-state index contributed by atoms with van der Waals surface area (Å²) in [5, 5.41) is 30.0. The summed E-state index contributed by atoms with van der Waals surface area (Å²) in [7, 11) is 1.63. The normalized spacial score (nSPS) is 31.6. The molecule has 9 rings (SSSR count). The second-order valence-electron chi connectivity index (χ2n) is 18.3. The van der Waals surface area contributed by atoms with Gasteiger partial charge in [0.1, 0.15) is 23.2 Å². The van der Waals surface area contributed by atoms with Crippen molar-refractivity contribution in [1.29, 1.82) is 5.41 Å². The Bertz CT molecular complexity index is 2310. The van der Waals surface area contributed by atoms with Gasteiger partial charge in [0.15, 0.2) is 10.8 Å². The first kappa shape index (κ1) is 39.7. The number of methoxy groups -OCH3 is 1. The number of benzene rings is 1. The summed E-state index contributed by atoms with van der Waals surface area (Å²) in [5.74, 6) is 0.903. The van der Waals surface area contributed by atoms with Gasteiger partial charge in [-0.3, -0.25) is 4.90 Å². The number of hydrogen-bond acceptors (Lipinski definition) is 14. The number of fused-ring (bicyclic) bond motifs is 1. The van der Waals surface area contributed by atoms with E-state index in [1.165, 1.54) is 17.6 Å². The SMILES string of the molecule is COc1ccc2sc(N/C(N)=C(\C)C3=C(N)N(c4ccc(/C(C=N)=C(\C)NCC56CC7(C)CC8(OCCN9CCNCC9)CC(C)(C5)C768)c(C(=O)O)n4)CCC3)nc2c1. The number of nitrogens with zero attached hydrogens (tertiary/aromatic N) is 4. The lowest BCUT2D eigenvalue weighted by Crippen LogP contribution is -3.01. The van der Waals surface area contributed by atoms with E-state index in [1.807, 2.05) is 36.9 Å². The van der Waals surface area contributed by atoms with Crippen LogP contribution in [0.3, 0.4) is 0 Å². The zero-order chi connectivity index (χ0) is 41.5. The van der Waals surface area contributed by atoms with Crippen molar-refractivity contribution in [3.63, 3.8) is 0 Å². The van der Waals surface area contributed by atoms with Gasteiger partial charge >= 0.3 is 5.97 Å². The van der Waals surface area contributed by atoms with E-state index in [4.69, 9.17) is 26.4 Å². The Balaban J connectivity index is 0.921. The number of hydrogen-bond donors (Lipinski definition) is 7. The third kappa shape index (κ3) is 5.74. The van der Waals surface area contributed by atoms with E-state index in [9.17, 15) is 9.90 Å². The molecule has 59 heavy (non-hydrogen) atoms. The highest BCUT2D eigenvalue weighted by Crippen LogP contribution is 3.03. The maximum absolute atomic E-state index is 12.9. The average Bonchev–Trinajstić information content (AvgIpc) is 3.60. The molecule has 0 radical (unpaired) electrons. The largest absolute Gasteiger partial charge is 0.497 e. The molecular formula is C44H58N10O4S. The molecule has 0 amide bonds. The molecule has 2 unspecified atom stereocenters. The molecule has 15 heteroatoms. The molecule has 1 spiro atoms. The quantitative estimate of drug-likeness (QED) is 0.0922. The van der Waals surface area contributed by atoms with Crippen LogP contribution in [0.1, 0.15) is 82.3 Å². The molecule has 6 aliphatic rings. The van der Waals surface area contributed by atoms with Gasteiger partial charge in [0.2, 0.25) is 0 Å². The third-order valence-corrected chi connectivity index (χ3v) is 16.0. The van der Waals surface area contributed by atoms with Crippen LogP contribution in [0.5, 0.6) is 5.75 Å². The number of allylic oxidation sites excluding steroid dienone is 4. The molecule has 4 saturated carbocycles. The number of rotatable bonds is 15. The second-order valence-corrected chi connectivity index (χ2v) is 19.4. The zero-order valence-corrected chi connectivity index (χ0v) is 35.7. The first-order chi connectivity index (χ1) is 28.2. The van der Waals surface area contributed by atoms with Crippen molar-refractivity contribution in [3.8, 4) is 5.75 Å². The van der Waals surface area contributed by atoms with Crippen LogP contribution in [0.25, 0.3) is 15.8 Å². The number of pyridine rings is 1. The molecule has 4 heterocycles. The summed E-state index contributed by atoms with van der Waals surface area (Å²) in [4.78, 5) is 26.6. The summed E-state index contributed by atoms with van der Waals surface area (Å²) in [6.45, 7) is 16.1. The molecule has 2 aromatic heterocycles. The minimum absolute atomic E-state index is 0.0480. The minimum Gasteiger partial charge on any atom is -0.497 e. The second kappa shape index (κ2) is 14.2. The monoisotopic (exact) mass is 822 g/mol. The average molecular weight is 823 g/mol. The fourth-order valence-corrected chi connectivity index (χ4v) is 14.5. The van der Waals surface area contributed by atoms with Crippen molar-refractivity contribution in [1.82, 2.24) is 25.5 Å². The van der Waals surface area contributed by atoms with Crippen LogP contribution in [0, 0.1) is 27.1 Å². The maximum Gasteiger partial charge on any atom is 0.355 e. The molecule has 9 N–H and O–H groups in total. The van der Waals surface area contributed by atoms with E-state index in [0.717, 1.165) is 111 Å². The molecule has 2 aliphatic heterocycles. The number of carboxylic acids is 1. The van der Waals surface area contributed by atoms with E-state index >= 15 is 0 Å². The fraction of sp³-hybridized carbons (Fsp3) is 0.545. The zero-order valence-electron chi connectivity index (χ0n) is 34.9. The Kier molecular flexibility index (Phi) is 9.57. The molecule has 3 aromatic rings. The van der Waals surface area contributed by atoms with Gasteiger partial charge in [-0.1, -0.05) is 25.2 Å². The van der Waals surface area contributed by atoms with Crippen LogP contribution in [0.2, 0.25) is 0 Å². The van der Waals surface area contributed by atoms with Gasteiger partial charge in [-0.15, -0.1) is 0 Å². The highest BCUT2D eigenvalue weighted by molar-refractivity contribution is 7.22. The van der Waals surface area contributed by atoms with Gasteiger partial charge in [-0.05, 0) is 104 Å². The number of carboxylic acid groups (broad SMARTS) is 1. The highest BCUT2D eigenvalue weighted by Gasteiger charge is 3.02. The molecular weight excluding hydrogens is 765 g/mol. The Morgan fingerprint density at radius 3 is 2.51 bits per heavy atom. The predicted molar refractivity (Wildman–Crippen MR) is 233 cm³/mol. The summed E-state index contributed by atoms with van der Waals surface area (Å²) in [6, 6.07) is 9.31. The maximum atomic E-state index is 12.9. The lowest BCUT2D eigenvalue weighted by Gasteiger charge is -3.02. The van der Waals surface area contributed by atoms with Crippen molar-refractivity contribution in [2.24, 2.45) is 33.1 Å². The number of aromatic nitrogens is 2. The summed E-state index contributed by atoms with van der Waals surface area (Å²) < 4.78 is 13.3. The first-order valence-electron chi connectivity index (χ1n) is 20.9. The molecule has 14 nitrogen and oxygen atoms in total. The molecule has 4 aliphatic carbocycles. The Morgan fingerprint density at radius 2 is 1.83 bits per heavy atom. The molecule has 0 bridgehead atoms. The lowest BCUT2D eigenvalue weighted by atomic mass is 9.03. The van der Waals surface area contributed by atoms with Gasteiger partial charge in [0, 0.05) is 80.3 Å². The molecule has 1 saturated heterocycles. The van der Waals surface area contributed by atoms with E-state index in [-0.39, 0.29) is 22.1 Å². The standard InChI is InChI=1S/C44H58N10O4S/c1-26(36(46)52-39-50-32-19-28(57-5)8-10-33(32)59-39)29-7-6-14-54(37(29)47)34-11-9-30(35(51-34)38(55)56)31(20-45)27(2)49-25-42-21-40(3)23-43(24-41(4,22-42)44(40,42)43)58-18-17-53-15-12-48-13-16-53/h8-11,19-20,45,48-49H,6-7,12-18,21-25,46-47H2,1-5H3,(H,50,52)(H,55,56)/b31-27+,36-26+,45-20?. The number of thiazole rings is 1. The Morgan fingerprint density at radius 1 is 1.08 bits per heavy atom. The van der Waals surface area contributed by atoms with Crippen LogP contribution in [-0.4, -0.2) is 97.3 Å². The number of carbonyl (C=O) groups is 1. The number of anilines is 2. The van der Waals surface area contributed by atoms with E-state index in [0.29, 0.717) is 57.5 Å². The summed E-state index contributed by atoms with van der Waals surface area (Å²) in [6.07, 6.45) is 7.31. The van der Waals surface area contributed by atoms with Gasteiger partial charge in [0.25, 0.3) is 0 Å². The number of aromatic carboxylic acids is 1. The van der Waals surface area contributed by atoms with Crippen LogP contribution in [-0.2, 0) is 4.74 Å². The number of piperazine rings is 1. The van der Waals surface area contributed by atoms with E-state index in [2.05, 4.69) is 44.7 Å². The Hall–Kier alpha value is -4.70. The van der Waals surface area contributed by atoms with Crippen LogP contribution < -0.4 is 37.1 Å². The van der Waals surface area contributed by atoms with Crippen molar-refractivity contribution < 1.29 is 19.4 Å². The third-order valence-electron chi connectivity index (χ3n) is 15.1. The predicted octanol–water partition coefficient (Wildman–Crippen LogP) is 5.70. The van der Waals surface area contributed by atoms with Crippen LogP contribution >= 0.6 is 11.3 Å². The summed E-state index contributed by atoms with van der Waals surface area (Å²) >= 11 is 1.49. The minimum atomic E-state index is -1.17. The molecule has 2 atom stereocenters. The smallest absolute Gasteiger partial charge is 0.355 e. The topological polar surface area (TPSA) is 200 Å². The fourth-order valence-electron chi connectivity index (χ4n) is 13.7. The highest BCUT2D eigenvalue weighted by atomic mass is 32.1. The van der Waals surface area contributed by atoms with Crippen molar-refractivity contribution >= 4 is 50.3 Å². The van der Waals surface area contributed by atoms with E-state index in [1.54, 1.807) is 19.2 Å². The van der Waals surface area contributed by atoms with Crippen LogP contribution in [0.15, 0.2) is 58.8 Å². The number of ether oxygens (including phenoxy) is 2. The summed E-state index contributed by atoms with van der Waals surface area (Å²) in [5.41, 5.74) is 18.3. The first-order valence-corrected chi connectivity index (χ1v) is 21.8. The molecule has 5 fully saturated rings. The van der Waals surface area contributed by atoms with Gasteiger partial charge in [0.05, 0.1) is 29.5 Å². The Labute approximate surface area is 350 Å². The van der Waals surface area contributed by atoms with Crippen molar-refractivity contribution in [2.75, 3.05) is 69.7 Å². The van der Waals surface area contributed by atoms with Crippen LogP contribution in [0.4, 0.5) is 10.9 Å². The van der Waals surface area contributed by atoms with Crippen molar-refractivity contribution in [2.45, 2.75) is 71.8 Å². The number of nitrogens with one attached hydrogen (secondary N) is 4. The van der Waals surface area contributed by atoms with E-state index < -0.39 is 5.97 Å².